The van der Waals surface area contributed by atoms with Gasteiger partial charge in [0.25, 0.3) is 0 Å². The second-order valence-electron chi connectivity index (χ2n) is 3.83. The van der Waals surface area contributed by atoms with E-state index >= 15 is 0 Å². The van der Waals surface area contributed by atoms with Gasteiger partial charge in [-0.15, -0.1) is 0 Å². The highest BCUT2D eigenvalue weighted by Gasteiger charge is 2.19. The molecule has 7 nitrogen and oxygen atoms in total. The van der Waals surface area contributed by atoms with E-state index in [9.17, 15) is 0 Å². The average Bonchev–Trinajstić information content (AvgIpc) is 2.71. The molecule has 17 heavy (non-hydrogen) atoms. The van der Waals surface area contributed by atoms with Crippen LogP contribution in [-0.4, -0.2) is 15.2 Å². The highest BCUT2D eigenvalue weighted by atomic mass is 15.2. The number of aromatic amines is 1. The largest absolute Gasteiger partial charge is 0.384 e. The molecule has 7 heteroatoms. The lowest BCUT2D eigenvalue weighted by Gasteiger charge is -2.17. The molecule has 2 heterocycles. The summed E-state index contributed by atoms with van der Waals surface area (Å²) in [5.74, 6) is 6.42. The predicted octanol–water partition coefficient (Wildman–Crippen LogP) is -0.170. The molecular weight excluding hydrogens is 218 g/mol. The van der Waals surface area contributed by atoms with Crippen molar-refractivity contribution in [2.45, 2.75) is 13.0 Å². The summed E-state index contributed by atoms with van der Waals surface area (Å²) in [4.78, 5) is 4.10. The van der Waals surface area contributed by atoms with Crippen LogP contribution >= 0.6 is 0 Å². The molecule has 0 aliphatic rings. The van der Waals surface area contributed by atoms with Gasteiger partial charge in [0.05, 0.1) is 12.2 Å². The summed E-state index contributed by atoms with van der Waals surface area (Å²) in [5, 5.41) is 6.52. The Morgan fingerprint density at radius 1 is 1.29 bits per heavy atom. The number of aryl methyl sites for hydroxylation is 1. The van der Waals surface area contributed by atoms with Crippen LogP contribution in [0.2, 0.25) is 0 Å². The summed E-state index contributed by atoms with van der Waals surface area (Å²) >= 11 is 0. The first kappa shape index (κ1) is 11.4. The maximum absolute atomic E-state index is 5.84. The minimum Gasteiger partial charge on any atom is -0.384 e. The number of nitrogens with zero attached hydrogens (tertiary/aromatic N) is 2. The van der Waals surface area contributed by atoms with E-state index in [0.717, 1.165) is 16.7 Å². The summed E-state index contributed by atoms with van der Waals surface area (Å²) in [6.07, 6.45) is 3.31. The fourth-order valence-electron chi connectivity index (χ4n) is 1.72. The van der Waals surface area contributed by atoms with E-state index in [-0.39, 0.29) is 6.04 Å². The SMILES string of the molecule is Cc1cnc(N)c(C(NN)c2cn[nH]c2N)c1. The maximum atomic E-state index is 5.84. The molecule has 1 unspecified atom stereocenters. The second kappa shape index (κ2) is 4.40. The number of nitrogens with two attached hydrogens (primary N) is 3. The van der Waals surface area contributed by atoms with Crippen molar-refractivity contribution in [2.75, 3.05) is 11.5 Å². The molecule has 0 amide bonds. The third-order valence-corrected chi connectivity index (χ3v) is 2.57. The van der Waals surface area contributed by atoms with E-state index in [1.54, 1.807) is 12.4 Å². The topological polar surface area (TPSA) is 132 Å². The molecule has 0 aromatic carbocycles. The molecule has 0 aliphatic carbocycles. The van der Waals surface area contributed by atoms with Crippen molar-refractivity contribution in [3.05, 3.63) is 35.2 Å². The van der Waals surface area contributed by atoms with Crippen LogP contribution in [0, 0.1) is 6.92 Å². The first-order chi connectivity index (χ1) is 8.13. The molecule has 0 saturated heterocycles. The van der Waals surface area contributed by atoms with E-state index in [1.807, 2.05) is 13.0 Å². The number of hydrogen-bond acceptors (Lipinski definition) is 6. The molecule has 1 atom stereocenters. The Bertz CT molecular complexity index is 519. The van der Waals surface area contributed by atoms with Crippen molar-refractivity contribution >= 4 is 11.6 Å². The summed E-state index contributed by atoms with van der Waals surface area (Å²) in [6, 6.07) is 1.58. The lowest BCUT2D eigenvalue weighted by molar-refractivity contribution is 0.638. The number of H-pyrrole nitrogens is 1. The predicted molar refractivity (Wildman–Crippen MR) is 65.6 cm³/mol. The van der Waals surface area contributed by atoms with Crippen LogP contribution in [0.4, 0.5) is 11.6 Å². The Morgan fingerprint density at radius 3 is 2.65 bits per heavy atom. The van der Waals surface area contributed by atoms with E-state index < -0.39 is 0 Å². The van der Waals surface area contributed by atoms with E-state index in [0.29, 0.717) is 11.6 Å². The van der Waals surface area contributed by atoms with Crippen molar-refractivity contribution in [2.24, 2.45) is 5.84 Å². The lowest BCUT2D eigenvalue weighted by Crippen LogP contribution is -2.30. The summed E-state index contributed by atoms with van der Waals surface area (Å²) in [5.41, 5.74) is 16.8. The van der Waals surface area contributed by atoms with Crippen molar-refractivity contribution in [3.8, 4) is 0 Å². The zero-order valence-corrected chi connectivity index (χ0v) is 9.44. The number of pyridine rings is 1. The molecule has 0 bridgehead atoms. The van der Waals surface area contributed by atoms with Crippen molar-refractivity contribution in [1.82, 2.24) is 20.6 Å². The van der Waals surface area contributed by atoms with E-state index in [1.165, 1.54) is 0 Å². The Labute approximate surface area is 98.4 Å². The van der Waals surface area contributed by atoms with Gasteiger partial charge in [-0.1, -0.05) is 0 Å². The van der Waals surface area contributed by atoms with Gasteiger partial charge >= 0.3 is 0 Å². The van der Waals surface area contributed by atoms with Crippen LogP contribution in [0.5, 0.6) is 0 Å². The number of hydrogen-bond donors (Lipinski definition) is 5. The van der Waals surface area contributed by atoms with Gasteiger partial charge in [0.2, 0.25) is 0 Å². The highest BCUT2D eigenvalue weighted by molar-refractivity contribution is 5.51. The third kappa shape index (κ3) is 2.05. The van der Waals surface area contributed by atoms with E-state index in [4.69, 9.17) is 17.3 Å². The molecule has 90 valence electrons. The molecule has 0 spiro atoms. The fourth-order valence-corrected chi connectivity index (χ4v) is 1.72. The number of hydrazine groups is 1. The number of rotatable bonds is 3. The monoisotopic (exact) mass is 233 g/mol. The van der Waals surface area contributed by atoms with Crippen LogP contribution in [-0.2, 0) is 0 Å². The van der Waals surface area contributed by atoms with Gasteiger partial charge in [-0.3, -0.25) is 10.9 Å². The minimum absolute atomic E-state index is 0.332. The normalized spacial score (nSPS) is 12.6. The third-order valence-electron chi connectivity index (χ3n) is 2.57. The summed E-state index contributed by atoms with van der Waals surface area (Å²) < 4.78 is 0. The maximum Gasteiger partial charge on any atom is 0.128 e. The minimum atomic E-state index is -0.332. The van der Waals surface area contributed by atoms with Crippen LogP contribution < -0.4 is 22.7 Å². The Balaban J connectivity index is 2.49. The van der Waals surface area contributed by atoms with Gasteiger partial charge in [0.1, 0.15) is 11.6 Å². The second-order valence-corrected chi connectivity index (χ2v) is 3.83. The van der Waals surface area contributed by atoms with Crippen molar-refractivity contribution in [1.29, 1.82) is 0 Å². The zero-order chi connectivity index (χ0) is 12.4. The standard InChI is InChI=1S/C10H15N7/c1-5-2-6(9(11)14-3-5)8(16-13)7-4-15-17-10(7)12/h2-4,8,16H,13H2,1H3,(H2,11,14)(H3,12,15,17). The fraction of sp³-hybridized carbons (Fsp3) is 0.200. The van der Waals surface area contributed by atoms with E-state index in [2.05, 4.69) is 20.6 Å². The molecule has 2 rings (SSSR count). The Hall–Kier alpha value is -2.12. The summed E-state index contributed by atoms with van der Waals surface area (Å²) in [6.45, 7) is 1.93. The molecular formula is C10H15N7. The highest BCUT2D eigenvalue weighted by Crippen LogP contribution is 2.27. The van der Waals surface area contributed by atoms with Gasteiger partial charge in [0, 0.05) is 17.3 Å². The van der Waals surface area contributed by atoms with Crippen LogP contribution in [0.25, 0.3) is 0 Å². The molecule has 2 aromatic heterocycles. The first-order valence-electron chi connectivity index (χ1n) is 5.10. The Kier molecular flexibility index (Phi) is 2.94. The number of anilines is 2. The smallest absolute Gasteiger partial charge is 0.128 e. The zero-order valence-electron chi connectivity index (χ0n) is 9.44. The molecule has 0 aliphatic heterocycles. The molecule has 0 saturated carbocycles. The lowest BCUT2D eigenvalue weighted by atomic mass is 10.0. The summed E-state index contributed by atoms with van der Waals surface area (Å²) in [7, 11) is 0. The average molecular weight is 233 g/mol. The van der Waals surface area contributed by atoms with Gasteiger partial charge < -0.3 is 11.5 Å². The number of aromatic nitrogens is 3. The van der Waals surface area contributed by atoms with Gasteiger partial charge in [-0.2, -0.15) is 5.10 Å². The quantitative estimate of drug-likeness (QED) is 0.369. The van der Waals surface area contributed by atoms with Gasteiger partial charge in [0.15, 0.2) is 0 Å². The first-order valence-corrected chi connectivity index (χ1v) is 5.10. The van der Waals surface area contributed by atoms with Crippen molar-refractivity contribution < 1.29 is 0 Å². The Morgan fingerprint density at radius 2 is 2.06 bits per heavy atom. The molecule has 0 fully saturated rings. The molecule has 8 N–H and O–H groups in total. The van der Waals surface area contributed by atoms with Crippen LogP contribution in [0.1, 0.15) is 22.7 Å². The van der Waals surface area contributed by atoms with Crippen molar-refractivity contribution in [3.63, 3.8) is 0 Å². The van der Waals surface area contributed by atoms with Gasteiger partial charge in [-0.25, -0.2) is 10.4 Å². The van der Waals surface area contributed by atoms with Crippen LogP contribution in [0.3, 0.4) is 0 Å². The number of nitrogens with one attached hydrogen (secondary N) is 2. The number of nitrogen functional groups attached to an aromatic ring is 2. The van der Waals surface area contributed by atoms with Crippen LogP contribution in [0.15, 0.2) is 18.5 Å². The molecule has 2 aromatic rings. The molecule has 0 radical (unpaired) electrons. The van der Waals surface area contributed by atoms with Gasteiger partial charge in [-0.05, 0) is 18.6 Å².